The second kappa shape index (κ2) is 14.7. The number of carbonyl (C=O) groups is 2. The van der Waals surface area contributed by atoms with Crippen LogP contribution in [0.1, 0.15) is 25.7 Å². The lowest BCUT2D eigenvalue weighted by atomic mass is 9.99. The second-order valence-corrected chi connectivity index (χ2v) is 7.81. The number of aliphatic hydroxyl groups excluding tert-OH is 5. The molecule has 6 atom stereocenters. The zero-order chi connectivity index (χ0) is 24.9. The fraction of sp³-hybridized carbons (Fsp3) is 0.565. The van der Waals surface area contributed by atoms with E-state index >= 15 is 0 Å². The van der Waals surface area contributed by atoms with Gasteiger partial charge < -0.3 is 44.5 Å². The number of unbranched alkanes of at least 4 members (excludes halogenated alkanes) is 1. The van der Waals surface area contributed by atoms with Gasteiger partial charge in [0.1, 0.15) is 56.1 Å². The molecule has 2 unspecified atom stereocenters. The Labute approximate surface area is 197 Å². The van der Waals surface area contributed by atoms with Crippen molar-refractivity contribution in [1.29, 1.82) is 0 Å². The minimum absolute atomic E-state index is 0.00481. The quantitative estimate of drug-likeness (QED) is 0.0990. The minimum Gasteiger partial charge on any atom is -0.498 e. The monoisotopic (exact) mass is 484 g/mol. The molecule has 1 aliphatic heterocycles. The van der Waals surface area contributed by atoms with Gasteiger partial charge in [-0.25, -0.2) is 0 Å². The standard InChI is InChI=1S/C23H32O11/c24-15(10-11-31-14-18-20(27)21(28)22(29)23(30)34-18)6-4-5-9-19(26)33-13-16(25)12-32-17-7-2-1-3-8-17/h1-3,7-8,10-11,16,18,20-23,25,27-30H,4-6,9,12-14H2/b11-10+/t16?,18-,20-,21+,22-,23?/m1/s1. The summed E-state index contributed by atoms with van der Waals surface area (Å²) in [5.41, 5.74) is 0. The van der Waals surface area contributed by atoms with E-state index in [4.69, 9.17) is 18.9 Å². The molecule has 34 heavy (non-hydrogen) atoms. The minimum atomic E-state index is -1.66. The molecule has 1 aromatic rings. The number of rotatable bonds is 14. The third kappa shape index (κ3) is 9.75. The van der Waals surface area contributed by atoms with Crippen LogP contribution in [0.3, 0.4) is 0 Å². The molecule has 0 spiro atoms. The molecule has 5 N–H and O–H groups in total. The molecular formula is C23H32O11. The summed E-state index contributed by atoms with van der Waals surface area (Å²) >= 11 is 0. The molecule has 1 fully saturated rings. The van der Waals surface area contributed by atoms with E-state index in [1.165, 1.54) is 6.08 Å². The third-order valence-corrected chi connectivity index (χ3v) is 4.97. The van der Waals surface area contributed by atoms with Crippen LogP contribution in [0.4, 0.5) is 0 Å². The Kier molecular flexibility index (Phi) is 11.9. The van der Waals surface area contributed by atoms with E-state index in [2.05, 4.69) is 0 Å². The number of hydrogen-bond donors (Lipinski definition) is 5. The first kappa shape index (κ1) is 27.7. The van der Waals surface area contributed by atoms with Crippen LogP contribution in [0.2, 0.25) is 0 Å². The highest BCUT2D eigenvalue weighted by Gasteiger charge is 2.43. The second-order valence-electron chi connectivity index (χ2n) is 7.81. The van der Waals surface area contributed by atoms with E-state index in [9.17, 15) is 35.1 Å². The molecule has 0 radical (unpaired) electrons. The van der Waals surface area contributed by atoms with Crippen LogP contribution in [0, 0.1) is 0 Å². The van der Waals surface area contributed by atoms with Crippen LogP contribution in [0.25, 0.3) is 0 Å². The van der Waals surface area contributed by atoms with E-state index in [0.29, 0.717) is 18.6 Å². The zero-order valence-electron chi connectivity index (χ0n) is 18.6. The van der Waals surface area contributed by atoms with Crippen molar-refractivity contribution >= 4 is 11.8 Å². The number of esters is 1. The summed E-state index contributed by atoms with van der Waals surface area (Å²) in [6.45, 7) is -0.438. The third-order valence-electron chi connectivity index (χ3n) is 4.97. The van der Waals surface area contributed by atoms with E-state index in [1.54, 1.807) is 24.3 Å². The molecule has 1 aliphatic rings. The normalized spacial score (nSPS) is 25.6. The lowest BCUT2D eigenvalue weighted by Crippen LogP contribution is -2.58. The first-order valence-corrected chi connectivity index (χ1v) is 11.0. The Morgan fingerprint density at radius 1 is 0.971 bits per heavy atom. The van der Waals surface area contributed by atoms with Crippen molar-refractivity contribution in [2.24, 2.45) is 0 Å². The van der Waals surface area contributed by atoms with Crippen LogP contribution in [-0.2, 0) is 23.8 Å². The summed E-state index contributed by atoms with van der Waals surface area (Å²) < 4.78 is 20.4. The maximum Gasteiger partial charge on any atom is 0.305 e. The van der Waals surface area contributed by atoms with Crippen LogP contribution >= 0.6 is 0 Å². The SMILES string of the molecule is O=C(/C=C/OC[C@H]1OC(O)[C@H](O)[C@@H](O)[C@@H]1O)CCCCC(=O)OCC(O)COc1ccccc1. The summed E-state index contributed by atoms with van der Waals surface area (Å²) in [6, 6.07) is 8.95. The summed E-state index contributed by atoms with van der Waals surface area (Å²) in [7, 11) is 0. The zero-order valence-corrected chi connectivity index (χ0v) is 18.6. The van der Waals surface area contributed by atoms with Crippen molar-refractivity contribution in [3.63, 3.8) is 0 Å². The van der Waals surface area contributed by atoms with Gasteiger partial charge in [-0.3, -0.25) is 9.59 Å². The summed E-state index contributed by atoms with van der Waals surface area (Å²) in [5.74, 6) is -0.123. The van der Waals surface area contributed by atoms with E-state index < -0.39 is 42.8 Å². The van der Waals surface area contributed by atoms with Gasteiger partial charge in [0.25, 0.3) is 0 Å². The first-order valence-electron chi connectivity index (χ1n) is 11.0. The molecule has 0 bridgehead atoms. The summed E-state index contributed by atoms with van der Waals surface area (Å²) in [5, 5.41) is 48.1. The number of aliphatic hydroxyl groups is 5. The lowest BCUT2D eigenvalue weighted by Gasteiger charge is -2.37. The summed E-state index contributed by atoms with van der Waals surface area (Å²) in [4.78, 5) is 23.6. The Morgan fingerprint density at radius 2 is 1.68 bits per heavy atom. The van der Waals surface area contributed by atoms with E-state index in [-0.39, 0.29) is 38.4 Å². The predicted molar refractivity (Wildman–Crippen MR) is 116 cm³/mol. The molecule has 0 aromatic heterocycles. The highest BCUT2D eigenvalue weighted by Crippen LogP contribution is 2.20. The average Bonchev–Trinajstić information content (AvgIpc) is 2.84. The fourth-order valence-electron chi connectivity index (χ4n) is 3.01. The van der Waals surface area contributed by atoms with Crippen molar-refractivity contribution in [2.45, 2.75) is 62.5 Å². The summed E-state index contributed by atoms with van der Waals surface area (Å²) in [6.07, 6.45) is -4.92. The Morgan fingerprint density at radius 3 is 2.41 bits per heavy atom. The van der Waals surface area contributed by atoms with Crippen molar-refractivity contribution < 1.29 is 54.1 Å². The van der Waals surface area contributed by atoms with Gasteiger partial charge in [-0.05, 0) is 25.0 Å². The highest BCUT2D eigenvalue weighted by molar-refractivity contribution is 5.89. The molecule has 1 heterocycles. The fourth-order valence-corrected chi connectivity index (χ4v) is 3.01. The van der Waals surface area contributed by atoms with Crippen molar-refractivity contribution in [3.05, 3.63) is 42.7 Å². The van der Waals surface area contributed by atoms with Crippen LogP contribution < -0.4 is 4.74 Å². The number of hydrogen-bond acceptors (Lipinski definition) is 11. The number of ether oxygens (including phenoxy) is 4. The molecule has 11 heteroatoms. The molecule has 190 valence electrons. The molecule has 0 amide bonds. The Bertz CT molecular complexity index is 769. The number of ketones is 1. The molecule has 1 saturated heterocycles. The molecule has 11 nitrogen and oxygen atoms in total. The van der Waals surface area contributed by atoms with Crippen molar-refractivity contribution in [1.82, 2.24) is 0 Å². The number of para-hydroxylation sites is 1. The van der Waals surface area contributed by atoms with Gasteiger partial charge >= 0.3 is 5.97 Å². The molecule has 0 saturated carbocycles. The lowest BCUT2D eigenvalue weighted by molar-refractivity contribution is -0.286. The van der Waals surface area contributed by atoms with E-state index in [1.807, 2.05) is 6.07 Å². The molecular weight excluding hydrogens is 452 g/mol. The van der Waals surface area contributed by atoms with Gasteiger partial charge in [0.05, 0.1) is 6.26 Å². The Hall–Kier alpha value is -2.54. The molecule has 2 rings (SSSR count). The smallest absolute Gasteiger partial charge is 0.305 e. The van der Waals surface area contributed by atoms with Gasteiger partial charge in [-0.15, -0.1) is 0 Å². The van der Waals surface area contributed by atoms with Crippen LogP contribution in [-0.4, -0.2) is 93.9 Å². The van der Waals surface area contributed by atoms with Crippen LogP contribution in [0.5, 0.6) is 5.75 Å². The Balaban J connectivity index is 1.51. The van der Waals surface area contributed by atoms with Crippen molar-refractivity contribution in [2.75, 3.05) is 19.8 Å². The van der Waals surface area contributed by atoms with Gasteiger partial charge in [-0.2, -0.15) is 0 Å². The molecule has 1 aromatic carbocycles. The van der Waals surface area contributed by atoms with Gasteiger partial charge in [-0.1, -0.05) is 18.2 Å². The predicted octanol–water partition coefficient (Wildman–Crippen LogP) is -0.571. The topological polar surface area (TPSA) is 172 Å². The van der Waals surface area contributed by atoms with Gasteiger partial charge in [0.15, 0.2) is 12.1 Å². The van der Waals surface area contributed by atoms with E-state index in [0.717, 1.165) is 6.26 Å². The maximum atomic E-state index is 11.8. The first-order chi connectivity index (χ1) is 16.3. The van der Waals surface area contributed by atoms with Crippen LogP contribution in [0.15, 0.2) is 42.7 Å². The van der Waals surface area contributed by atoms with Gasteiger partial charge in [0.2, 0.25) is 0 Å². The van der Waals surface area contributed by atoms with Gasteiger partial charge in [0, 0.05) is 18.9 Å². The maximum absolute atomic E-state index is 11.8. The van der Waals surface area contributed by atoms with Crippen molar-refractivity contribution in [3.8, 4) is 5.75 Å². The largest absolute Gasteiger partial charge is 0.498 e. The highest BCUT2D eigenvalue weighted by atomic mass is 16.6. The number of benzene rings is 1. The average molecular weight is 484 g/mol. The number of carbonyl (C=O) groups excluding carboxylic acids is 2. The number of allylic oxidation sites excluding steroid dienone is 1. The molecule has 0 aliphatic carbocycles.